The topological polar surface area (TPSA) is 64.3 Å². The zero-order chi connectivity index (χ0) is 15.6. The molecule has 2 fully saturated rings. The lowest BCUT2D eigenvalue weighted by Crippen LogP contribution is -2.31. The third kappa shape index (κ3) is 3.97. The number of nitrogens with zero attached hydrogens (tertiary/aromatic N) is 4. The second kappa shape index (κ2) is 6.67. The van der Waals surface area contributed by atoms with Crippen LogP contribution in [0.3, 0.4) is 0 Å². The van der Waals surface area contributed by atoms with Crippen molar-refractivity contribution in [2.75, 3.05) is 13.2 Å². The molecule has 6 nitrogen and oxygen atoms in total. The maximum absolute atomic E-state index is 5.79. The van der Waals surface area contributed by atoms with E-state index in [0.717, 1.165) is 55.0 Å². The van der Waals surface area contributed by atoms with E-state index >= 15 is 0 Å². The summed E-state index contributed by atoms with van der Waals surface area (Å²) in [5, 5.41) is 7.38. The van der Waals surface area contributed by atoms with Crippen LogP contribution in [0.25, 0.3) is 0 Å². The monoisotopic (exact) mass is 334 g/mol. The highest BCUT2D eigenvalue weighted by molar-refractivity contribution is 7.09. The van der Waals surface area contributed by atoms with E-state index in [2.05, 4.69) is 25.4 Å². The summed E-state index contributed by atoms with van der Waals surface area (Å²) in [6.07, 6.45) is 4.96. The smallest absolute Gasteiger partial charge is 0.229 e. The molecule has 23 heavy (non-hydrogen) atoms. The lowest BCUT2D eigenvalue weighted by molar-refractivity contribution is 0.0667. The van der Waals surface area contributed by atoms with Crippen molar-refractivity contribution in [2.24, 2.45) is 0 Å². The van der Waals surface area contributed by atoms with Gasteiger partial charge in [-0.25, -0.2) is 4.98 Å². The van der Waals surface area contributed by atoms with E-state index in [4.69, 9.17) is 9.26 Å². The van der Waals surface area contributed by atoms with Gasteiger partial charge in [0.25, 0.3) is 0 Å². The van der Waals surface area contributed by atoms with Gasteiger partial charge in [-0.3, -0.25) is 4.90 Å². The molecule has 0 N–H and O–H groups in total. The Labute approximate surface area is 139 Å². The molecule has 1 saturated heterocycles. The van der Waals surface area contributed by atoms with E-state index in [9.17, 15) is 0 Å². The lowest BCUT2D eigenvalue weighted by Gasteiger charge is -2.22. The van der Waals surface area contributed by atoms with Crippen LogP contribution < -0.4 is 0 Å². The van der Waals surface area contributed by atoms with Gasteiger partial charge >= 0.3 is 0 Å². The number of hydrogen-bond donors (Lipinski definition) is 0. The predicted octanol–water partition coefficient (Wildman–Crippen LogP) is 2.89. The fourth-order valence-corrected chi connectivity index (χ4v) is 3.77. The average Bonchev–Trinajstić information content (AvgIpc) is 2.90. The van der Waals surface area contributed by atoms with Crippen molar-refractivity contribution < 1.29 is 9.26 Å². The summed E-state index contributed by atoms with van der Waals surface area (Å²) in [5.74, 6) is 2.09. The number of hydrogen-bond acceptors (Lipinski definition) is 7. The molecule has 1 aliphatic heterocycles. The first-order valence-corrected chi connectivity index (χ1v) is 9.21. The summed E-state index contributed by atoms with van der Waals surface area (Å²) < 4.78 is 11.2. The van der Waals surface area contributed by atoms with E-state index in [1.807, 2.05) is 6.92 Å². The molecular weight excluding hydrogens is 312 g/mol. The van der Waals surface area contributed by atoms with Crippen molar-refractivity contribution >= 4 is 11.3 Å². The van der Waals surface area contributed by atoms with Gasteiger partial charge in [0.15, 0.2) is 5.82 Å². The Kier molecular flexibility index (Phi) is 4.41. The second-order valence-corrected chi connectivity index (χ2v) is 7.45. The minimum Gasteiger partial charge on any atom is -0.377 e. The molecule has 7 heteroatoms. The van der Waals surface area contributed by atoms with Gasteiger partial charge in [-0.05, 0) is 32.6 Å². The molecule has 1 aliphatic carbocycles. The average molecular weight is 334 g/mol. The van der Waals surface area contributed by atoms with Crippen molar-refractivity contribution in [3.63, 3.8) is 0 Å². The van der Waals surface area contributed by atoms with Gasteiger partial charge in [0.2, 0.25) is 5.89 Å². The van der Waals surface area contributed by atoms with E-state index < -0.39 is 0 Å². The Morgan fingerprint density at radius 3 is 2.87 bits per heavy atom. The lowest BCUT2D eigenvalue weighted by atomic mass is 10.2. The third-order valence-electron chi connectivity index (χ3n) is 4.29. The SMILES string of the molecule is Cc1csc(CN(Cc2noc(C3CC3)n2)C[C@H]2CCCO2)n1. The third-order valence-corrected chi connectivity index (χ3v) is 5.24. The fraction of sp³-hybridized carbons (Fsp3) is 0.688. The summed E-state index contributed by atoms with van der Waals surface area (Å²) in [6.45, 7) is 5.31. The standard InChI is InChI=1S/C16H22N4O2S/c1-11-10-23-15(17-11)9-20(7-13-3-2-6-21-13)8-14-18-16(22-19-14)12-4-5-12/h10,12-13H,2-9H2,1H3/t13-/m1/s1. The number of rotatable bonds is 7. The summed E-state index contributed by atoms with van der Waals surface area (Å²) >= 11 is 1.71. The van der Waals surface area contributed by atoms with Crippen LogP contribution in [0.2, 0.25) is 0 Å². The van der Waals surface area contributed by atoms with Crippen molar-refractivity contribution in [3.8, 4) is 0 Å². The highest BCUT2D eigenvalue weighted by Gasteiger charge is 2.30. The summed E-state index contributed by atoms with van der Waals surface area (Å²) in [6, 6.07) is 0. The van der Waals surface area contributed by atoms with Crippen LogP contribution in [0.15, 0.2) is 9.90 Å². The van der Waals surface area contributed by atoms with Gasteiger partial charge in [0, 0.05) is 30.1 Å². The maximum Gasteiger partial charge on any atom is 0.229 e. The summed E-state index contributed by atoms with van der Waals surface area (Å²) in [5.41, 5.74) is 1.08. The van der Waals surface area contributed by atoms with Gasteiger partial charge in [-0.2, -0.15) is 4.98 Å². The summed E-state index contributed by atoms with van der Waals surface area (Å²) in [7, 11) is 0. The van der Waals surface area contributed by atoms with Crippen LogP contribution >= 0.6 is 11.3 Å². The fourth-order valence-electron chi connectivity index (χ4n) is 2.96. The Morgan fingerprint density at radius 1 is 1.26 bits per heavy atom. The molecule has 0 aromatic carbocycles. The molecule has 0 radical (unpaired) electrons. The van der Waals surface area contributed by atoms with Gasteiger partial charge in [-0.15, -0.1) is 11.3 Å². The molecule has 0 bridgehead atoms. The quantitative estimate of drug-likeness (QED) is 0.776. The van der Waals surface area contributed by atoms with Gasteiger partial charge in [0.05, 0.1) is 19.2 Å². The van der Waals surface area contributed by atoms with Gasteiger partial charge < -0.3 is 9.26 Å². The molecule has 124 valence electrons. The zero-order valence-corrected chi connectivity index (χ0v) is 14.2. The van der Waals surface area contributed by atoms with Crippen molar-refractivity contribution in [3.05, 3.63) is 27.8 Å². The van der Waals surface area contributed by atoms with Crippen LogP contribution in [-0.2, 0) is 17.8 Å². The van der Waals surface area contributed by atoms with E-state index in [-0.39, 0.29) is 0 Å². The maximum atomic E-state index is 5.79. The first kappa shape index (κ1) is 15.2. The number of ether oxygens (including phenoxy) is 1. The Morgan fingerprint density at radius 2 is 2.17 bits per heavy atom. The minimum absolute atomic E-state index is 0.311. The largest absolute Gasteiger partial charge is 0.377 e. The van der Waals surface area contributed by atoms with Crippen molar-refractivity contribution in [2.45, 2.75) is 57.7 Å². The first-order valence-electron chi connectivity index (χ1n) is 8.34. The van der Waals surface area contributed by atoms with Crippen LogP contribution in [0.1, 0.15) is 54.0 Å². The predicted molar refractivity (Wildman–Crippen MR) is 86.2 cm³/mol. The molecule has 2 aromatic rings. The van der Waals surface area contributed by atoms with Gasteiger partial charge in [0.1, 0.15) is 5.01 Å². The number of aryl methyl sites for hydroxylation is 1. The molecule has 1 atom stereocenters. The molecule has 4 rings (SSSR count). The Hall–Kier alpha value is -1.31. The molecule has 2 aliphatic rings. The number of thiazole rings is 1. The second-order valence-electron chi connectivity index (χ2n) is 6.51. The number of aromatic nitrogens is 3. The Balaban J connectivity index is 1.43. The molecule has 2 aromatic heterocycles. The Bertz CT molecular complexity index is 646. The molecule has 0 amide bonds. The van der Waals surface area contributed by atoms with E-state index in [0.29, 0.717) is 18.6 Å². The van der Waals surface area contributed by atoms with Crippen molar-refractivity contribution in [1.29, 1.82) is 0 Å². The molecule has 0 spiro atoms. The minimum atomic E-state index is 0.311. The molecular formula is C16H22N4O2S. The first-order chi connectivity index (χ1) is 11.3. The molecule has 3 heterocycles. The van der Waals surface area contributed by atoms with Crippen LogP contribution in [0.5, 0.6) is 0 Å². The van der Waals surface area contributed by atoms with Crippen LogP contribution in [-0.4, -0.2) is 39.3 Å². The van der Waals surface area contributed by atoms with E-state index in [1.54, 1.807) is 11.3 Å². The van der Waals surface area contributed by atoms with Gasteiger partial charge in [-0.1, -0.05) is 5.16 Å². The highest BCUT2D eigenvalue weighted by atomic mass is 32.1. The molecule has 1 saturated carbocycles. The van der Waals surface area contributed by atoms with E-state index in [1.165, 1.54) is 12.8 Å². The van der Waals surface area contributed by atoms with Crippen molar-refractivity contribution in [1.82, 2.24) is 20.0 Å². The normalized spacial score (nSPS) is 21.4. The van der Waals surface area contributed by atoms with Crippen LogP contribution in [0.4, 0.5) is 0 Å². The molecule has 0 unspecified atom stereocenters. The summed E-state index contributed by atoms with van der Waals surface area (Å²) in [4.78, 5) is 11.5. The van der Waals surface area contributed by atoms with Crippen LogP contribution in [0, 0.1) is 6.92 Å². The highest BCUT2D eigenvalue weighted by Crippen LogP contribution is 2.38. The zero-order valence-electron chi connectivity index (χ0n) is 13.4.